The number of sulfonamides is 1. The van der Waals surface area contributed by atoms with Gasteiger partial charge >= 0.3 is 0 Å². The minimum atomic E-state index is -3.59. The molecule has 0 unspecified atom stereocenters. The Bertz CT molecular complexity index is 1270. The number of anilines is 1. The second-order valence-electron chi connectivity index (χ2n) is 8.78. The molecule has 178 valence electrons. The van der Waals surface area contributed by atoms with Crippen molar-refractivity contribution in [2.45, 2.75) is 43.7 Å². The summed E-state index contributed by atoms with van der Waals surface area (Å²) in [4.78, 5) is 21.3. The molecule has 1 fully saturated rings. The van der Waals surface area contributed by atoms with E-state index in [0.29, 0.717) is 23.8 Å². The van der Waals surface area contributed by atoms with E-state index in [4.69, 9.17) is 0 Å². The molecular formula is C25H28N4O3S2. The fourth-order valence-corrected chi connectivity index (χ4v) is 7.11. The van der Waals surface area contributed by atoms with Crippen LogP contribution in [0.25, 0.3) is 0 Å². The van der Waals surface area contributed by atoms with Crippen molar-refractivity contribution < 1.29 is 13.2 Å². The molecule has 1 N–H and O–H groups in total. The van der Waals surface area contributed by atoms with E-state index < -0.39 is 10.0 Å². The number of amides is 1. The first-order valence-electron chi connectivity index (χ1n) is 11.7. The van der Waals surface area contributed by atoms with Crippen LogP contribution in [0.2, 0.25) is 0 Å². The zero-order valence-electron chi connectivity index (χ0n) is 18.9. The molecule has 0 bridgehead atoms. The highest BCUT2D eigenvalue weighted by Crippen LogP contribution is 2.29. The van der Waals surface area contributed by atoms with Gasteiger partial charge in [-0.1, -0.05) is 42.8 Å². The first kappa shape index (κ1) is 23.2. The van der Waals surface area contributed by atoms with Crippen LogP contribution in [0.5, 0.6) is 0 Å². The van der Waals surface area contributed by atoms with Crippen LogP contribution in [0.3, 0.4) is 0 Å². The number of aromatic nitrogens is 1. The van der Waals surface area contributed by atoms with E-state index in [2.05, 4.69) is 39.5 Å². The average Bonchev–Trinajstić information content (AvgIpc) is 3.27. The smallest absolute Gasteiger partial charge is 0.257 e. The fraction of sp³-hybridized carbons (Fsp3) is 0.360. The van der Waals surface area contributed by atoms with Crippen molar-refractivity contribution in [3.8, 4) is 0 Å². The molecule has 1 saturated heterocycles. The van der Waals surface area contributed by atoms with Crippen LogP contribution in [0.1, 0.15) is 45.8 Å². The van der Waals surface area contributed by atoms with E-state index in [9.17, 15) is 13.2 Å². The molecule has 2 aliphatic rings. The number of hydrogen-bond donors (Lipinski definition) is 1. The fourth-order valence-electron chi connectivity index (χ4n) is 4.50. The molecule has 9 heteroatoms. The van der Waals surface area contributed by atoms with Gasteiger partial charge in [-0.15, -0.1) is 11.3 Å². The Labute approximate surface area is 204 Å². The number of nitrogens with one attached hydrogen (secondary N) is 1. The maximum atomic E-state index is 13.0. The molecular weight excluding hydrogens is 468 g/mol. The zero-order valence-corrected chi connectivity index (χ0v) is 20.6. The molecule has 0 radical (unpaired) electrons. The van der Waals surface area contributed by atoms with Gasteiger partial charge in [-0.3, -0.25) is 15.0 Å². The molecule has 1 amide bonds. The number of benzene rings is 2. The Morgan fingerprint density at radius 3 is 2.59 bits per heavy atom. The number of thiazole rings is 1. The number of carbonyl (C=O) groups excluding carboxylic acids is 1. The third-order valence-electron chi connectivity index (χ3n) is 6.33. The van der Waals surface area contributed by atoms with Gasteiger partial charge in [0.15, 0.2) is 5.13 Å². The largest absolute Gasteiger partial charge is 0.298 e. The van der Waals surface area contributed by atoms with Crippen molar-refractivity contribution in [1.29, 1.82) is 0 Å². The number of piperidine rings is 1. The Morgan fingerprint density at radius 1 is 1.00 bits per heavy atom. The lowest BCUT2D eigenvalue weighted by Gasteiger charge is -2.26. The van der Waals surface area contributed by atoms with Crippen molar-refractivity contribution in [3.63, 3.8) is 0 Å². The Hall–Kier alpha value is -2.59. The third-order valence-corrected chi connectivity index (χ3v) is 9.22. The predicted octanol–water partition coefficient (Wildman–Crippen LogP) is 4.13. The quantitative estimate of drug-likeness (QED) is 0.555. The zero-order chi connectivity index (χ0) is 23.5. The van der Waals surface area contributed by atoms with E-state index in [0.717, 1.165) is 51.0 Å². The molecule has 0 aliphatic carbocycles. The predicted molar refractivity (Wildman–Crippen MR) is 133 cm³/mol. The third kappa shape index (κ3) is 5.07. The van der Waals surface area contributed by atoms with Crippen molar-refractivity contribution in [3.05, 3.63) is 76.3 Å². The van der Waals surface area contributed by atoms with Crippen LogP contribution in [0.4, 0.5) is 5.13 Å². The van der Waals surface area contributed by atoms with Crippen LogP contribution in [-0.4, -0.2) is 48.1 Å². The molecule has 0 atom stereocenters. The van der Waals surface area contributed by atoms with Crippen molar-refractivity contribution >= 4 is 32.4 Å². The molecule has 1 aromatic heterocycles. The Morgan fingerprint density at radius 2 is 1.79 bits per heavy atom. The van der Waals surface area contributed by atoms with E-state index in [1.165, 1.54) is 32.1 Å². The molecule has 2 aromatic carbocycles. The number of rotatable bonds is 6. The Balaban J connectivity index is 1.26. The van der Waals surface area contributed by atoms with Crippen LogP contribution >= 0.6 is 11.3 Å². The van der Waals surface area contributed by atoms with Crippen molar-refractivity contribution in [2.75, 3.05) is 25.0 Å². The first-order chi connectivity index (χ1) is 16.5. The summed E-state index contributed by atoms with van der Waals surface area (Å²) in [6.45, 7) is 3.68. The summed E-state index contributed by atoms with van der Waals surface area (Å²) < 4.78 is 27.5. The number of nitrogens with zero attached hydrogens (tertiary/aromatic N) is 3. The van der Waals surface area contributed by atoms with E-state index in [1.54, 1.807) is 18.2 Å². The molecule has 34 heavy (non-hydrogen) atoms. The number of carbonyl (C=O) groups is 1. The standard InChI is InChI=1S/C25H28N4O3S2/c30-24(20-10-7-11-21(16-20)34(31,32)29-13-5-2-6-14-29)27-25-26-22-12-15-28(18-23(22)33-25)17-19-8-3-1-4-9-19/h1,3-4,7-11,16H,2,5-6,12-15,17-18H2,(H,26,27,30). The van der Waals surface area contributed by atoms with E-state index >= 15 is 0 Å². The van der Waals surface area contributed by atoms with Crippen LogP contribution in [-0.2, 0) is 29.5 Å². The van der Waals surface area contributed by atoms with Gasteiger partial charge in [-0.25, -0.2) is 13.4 Å². The summed E-state index contributed by atoms with van der Waals surface area (Å²) in [6.07, 6.45) is 3.64. The van der Waals surface area contributed by atoms with Gasteiger partial charge in [0.1, 0.15) is 0 Å². The van der Waals surface area contributed by atoms with Gasteiger partial charge in [0, 0.05) is 49.6 Å². The van der Waals surface area contributed by atoms with Crippen LogP contribution in [0.15, 0.2) is 59.5 Å². The highest BCUT2D eigenvalue weighted by atomic mass is 32.2. The van der Waals surface area contributed by atoms with Crippen LogP contribution in [0, 0.1) is 0 Å². The molecule has 0 spiro atoms. The van der Waals surface area contributed by atoms with Gasteiger partial charge in [0.05, 0.1) is 10.6 Å². The molecule has 3 aromatic rings. The summed E-state index contributed by atoms with van der Waals surface area (Å²) in [6, 6.07) is 16.7. The van der Waals surface area contributed by atoms with Gasteiger partial charge in [0.25, 0.3) is 5.91 Å². The number of hydrogen-bond acceptors (Lipinski definition) is 6. The summed E-state index contributed by atoms with van der Waals surface area (Å²) >= 11 is 1.49. The minimum absolute atomic E-state index is 0.164. The molecule has 3 heterocycles. The molecule has 7 nitrogen and oxygen atoms in total. The topological polar surface area (TPSA) is 82.6 Å². The second kappa shape index (κ2) is 9.95. The lowest BCUT2D eigenvalue weighted by Crippen LogP contribution is -2.35. The molecule has 2 aliphatic heterocycles. The molecule has 5 rings (SSSR count). The van der Waals surface area contributed by atoms with Gasteiger partial charge in [-0.05, 0) is 36.6 Å². The minimum Gasteiger partial charge on any atom is -0.298 e. The van der Waals surface area contributed by atoms with Gasteiger partial charge in [0.2, 0.25) is 10.0 Å². The van der Waals surface area contributed by atoms with Gasteiger partial charge in [-0.2, -0.15) is 4.31 Å². The SMILES string of the molecule is O=C(Nc1nc2c(s1)CN(Cc1ccccc1)CC2)c1cccc(S(=O)(=O)N2CCCCC2)c1. The van der Waals surface area contributed by atoms with E-state index in [1.807, 2.05) is 6.07 Å². The highest BCUT2D eigenvalue weighted by Gasteiger charge is 2.27. The summed E-state index contributed by atoms with van der Waals surface area (Å²) in [5.41, 5.74) is 2.63. The summed E-state index contributed by atoms with van der Waals surface area (Å²) in [5, 5.41) is 3.44. The van der Waals surface area contributed by atoms with Crippen LogP contribution < -0.4 is 5.32 Å². The van der Waals surface area contributed by atoms with Crippen molar-refractivity contribution in [2.24, 2.45) is 0 Å². The highest BCUT2D eigenvalue weighted by molar-refractivity contribution is 7.89. The van der Waals surface area contributed by atoms with E-state index in [-0.39, 0.29) is 10.8 Å². The summed E-state index contributed by atoms with van der Waals surface area (Å²) in [5.74, 6) is -0.345. The lowest BCUT2D eigenvalue weighted by molar-refractivity contribution is 0.102. The van der Waals surface area contributed by atoms with Crippen molar-refractivity contribution in [1.82, 2.24) is 14.2 Å². The second-order valence-corrected chi connectivity index (χ2v) is 11.8. The normalized spacial score (nSPS) is 17.3. The lowest BCUT2D eigenvalue weighted by atomic mass is 10.1. The average molecular weight is 497 g/mol. The number of fused-ring (bicyclic) bond motifs is 1. The maximum absolute atomic E-state index is 13.0. The first-order valence-corrected chi connectivity index (χ1v) is 13.9. The molecule has 0 saturated carbocycles. The summed E-state index contributed by atoms with van der Waals surface area (Å²) in [7, 11) is -3.59. The Kier molecular flexibility index (Phi) is 6.78. The maximum Gasteiger partial charge on any atom is 0.257 e. The monoisotopic (exact) mass is 496 g/mol. The van der Waals surface area contributed by atoms with Gasteiger partial charge < -0.3 is 0 Å².